The molecule has 3 aliphatic heterocycles. The largest absolute Gasteiger partial charge is 0.465 e. The highest BCUT2D eigenvalue weighted by atomic mass is 16.5. The van der Waals surface area contributed by atoms with Gasteiger partial charge in [0.15, 0.2) is 0 Å². The van der Waals surface area contributed by atoms with Gasteiger partial charge in [-0.05, 0) is 73.1 Å². The second-order valence-electron chi connectivity index (χ2n) is 14.5. The summed E-state index contributed by atoms with van der Waals surface area (Å²) >= 11 is 0. The monoisotopic (exact) mass is 713 g/mol. The van der Waals surface area contributed by atoms with Gasteiger partial charge in [-0.15, -0.1) is 0 Å². The molecule has 1 atom stereocenters. The minimum absolute atomic E-state index is 0.0292. The van der Waals surface area contributed by atoms with Crippen LogP contribution < -0.4 is 0 Å². The average molecular weight is 714 g/mol. The lowest BCUT2D eigenvalue weighted by Crippen LogP contribution is -2.52. The number of benzene rings is 2. The molecule has 3 aromatic rings. The SMILES string of the molecule is CCCCN(CCCC)C(=O)c1cc(-c2cc3c(cc2C(=O)N2Cc4ccccc4C[C@H]2CN2CCOCC2)CN(C(=O)O)CC3)n(CCO)c1C. The molecule has 0 aliphatic carbocycles. The van der Waals surface area contributed by atoms with Gasteiger partial charge in [0.05, 0.1) is 25.4 Å². The van der Waals surface area contributed by atoms with Gasteiger partial charge in [0.1, 0.15) is 0 Å². The first-order valence-electron chi connectivity index (χ1n) is 19.2. The lowest BCUT2D eigenvalue weighted by atomic mass is 9.89. The molecule has 3 aliphatic rings. The fourth-order valence-electron chi connectivity index (χ4n) is 8.04. The van der Waals surface area contributed by atoms with Gasteiger partial charge in [-0.3, -0.25) is 14.5 Å². The first-order chi connectivity index (χ1) is 25.2. The van der Waals surface area contributed by atoms with Crippen LogP contribution in [-0.2, 0) is 37.2 Å². The normalized spacial score (nSPS) is 17.5. The van der Waals surface area contributed by atoms with Crippen molar-refractivity contribution < 1.29 is 29.3 Å². The Balaban J connectivity index is 1.47. The van der Waals surface area contributed by atoms with E-state index < -0.39 is 6.09 Å². The standard InChI is InChI=1S/C41H55N5O6/c1-4-6-13-43(14-7-5-2)39(48)35-25-38(45(16-19-47)29(35)3)36-23-31-12-15-44(41(50)51)26-33(31)24-37(36)40(49)46-27-32-11-9-8-10-30(32)22-34(46)28-42-17-20-52-21-18-42/h8-11,23-25,34,47H,4-7,12-22,26-28H2,1-3H3,(H,50,51)/t34-/m0/s1. The van der Waals surface area contributed by atoms with E-state index >= 15 is 4.79 Å². The number of nitrogens with zero attached hydrogens (tertiary/aromatic N) is 5. The van der Waals surface area contributed by atoms with Gasteiger partial charge in [-0.2, -0.15) is 0 Å². The number of hydrogen-bond donors (Lipinski definition) is 2. The number of ether oxygens (including phenoxy) is 1. The molecule has 6 rings (SSSR count). The summed E-state index contributed by atoms with van der Waals surface area (Å²) in [6, 6.07) is 14.1. The van der Waals surface area contributed by atoms with Crippen molar-refractivity contribution in [2.24, 2.45) is 0 Å². The van der Waals surface area contributed by atoms with Crippen LogP contribution in [0, 0.1) is 6.92 Å². The molecule has 0 bridgehead atoms. The van der Waals surface area contributed by atoms with Crippen molar-refractivity contribution in [3.63, 3.8) is 0 Å². The van der Waals surface area contributed by atoms with Crippen molar-refractivity contribution >= 4 is 17.9 Å². The van der Waals surface area contributed by atoms with Gasteiger partial charge in [0, 0.05) is 87.5 Å². The van der Waals surface area contributed by atoms with Crippen LogP contribution in [0.5, 0.6) is 0 Å². The number of carbonyl (C=O) groups excluding carboxylic acids is 2. The zero-order chi connectivity index (χ0) is 36.8. The number of morpholine rings is 1. The summed E-state index contributed by atoms with van der Waals surface area (Å²) in [7, 11) is 0. The molecular weight excluding hydrogens is 658 g/mol. The first-order valence-corrected chi connectivity index (χ1v) is 19.2. The van der Waals surface area contributed by atoms with E-state index in [4.69, 9.17) is 4.74 Å². The van der Waals surface area contributed by atoms with Crippen LogP contribution in [0.3, 0.4) is 0 Å². The van der Waals surface area contributed by atoms with Crippen LogP contribution in [0.2, 0.25) is 0 Å². The van der Waals surface area contributed by atoms with Crippen LogP contribution in [0.25, 0.3) is 11.3 Å². The number of carbonyl (C=O) groups is 3. The minimum atomic E-state index is -0.980. The lowest BCUT2D eigenvalue weighted by Gasteiger charge is -2.41. The number of carboxylic acid groups (broad SMARTS) is 1. The van der Waals surface area contributed by atoms with Gasteiger partial charge in [0.25, 0.3) is 11.8 Å². The van der Waals surface area contributed by atoms with Crippen molar-refractivity contribution in [1.29, 1.82) is 0 Å². The van der Waals surface area contributed by atoms with Crippen LogP contribution in [0.4, 0.5) is 4.79 Å². The molecule has 1 aromatic heterocycles. The molecule has 4 heterocycles. The van der Waals surface area contributed by atoms with Crippen LogP contribution in [-0.4, -0.2) is 117 Å². The summed E-state index contributed by atoms with van der Waals surface area (Å²) in [5.41, 5.74) is 7.45. The molecule has 1 saturated heterocycles. The molecular formula is C41H55N5O6. The molecule has 52 heavy (non-hydrogen) atoms. The number of unbranched alkanes of at least 4 members (excludes halogenated alkanes) is 2. The Morgan fingerprint density at radius 3 is 2.27 bits per heavy atom. The summed E-state index contributed by atoms with van der Waals surface area (Å²) in [5, 5.41) is 20.1. The fourth-order valence-corrected chi connectivity index (χ4v) is 8.04. The maximum Gasteiger partial charge on any atom is 0.407 e. The molecule has 11 nitrogen and oxygen atoms in total. The fraction of sp³-hybridized carbons (Fsp3) is 0.537. The maximum absolute atomic E-state index is 15.2. The molecule has 0 radical (unpaired) electrons. The van der Waals surface area contributed by atoms with Crippen LogP contribution in [0.15, 0.2) is 42.5 Å². The first kappa shape index (κ1) is 37.6. The summed E-state index contributed by atoms with van der Waals surface area (Å²) in [5.74, 6) is -0.147. The molecule has 11 heteroatoms. The number of fused-ring (bicyclic) bond motifs is 2. The van der Waals surface area contributed by atoms with E-state index in [0.29, 0.717) is 62.5 Å². The number of hydrogen-bond acceptors (Lipinski definition) is 6. The molecule has 2 aromatic carbocycles. The summed E-state index contributed by atoms with van der Waals surface area (Å²) in [4.78, 5) is 49.2. The number of rotatable bonds is 13. The second-order valence-corrected chi connectivity index (χ2v) is 14.5. The summed E-state index contributed by atoms with van der Waals surface area (Å²) < 4.78 is 7.61. The van der Waals surface area contributed by atoms with E-state index in [0.717, 1.165) is 79.8 Å². The van der Waals surface area contributed by atoms with Gasteiger partial charge >= 0.3 is 6.09 Å². The predicted molar refractivity (Wildman–Crippen MR) is 201 cm³/mol. The minimum Gasteiger partial charge on any atom is -0.465 e. The second kappa shape index (κ2) is 17.1. The number of aliphatic hydroxyl groups excluding tert-OH is 1. The quantitative estimate of drug-likeness (QED) is 0.243. The highest BCUT2D eigenvalue weighted by Gasteiger charge is 2.35. The molecule has 0 spiro atoms. The molecule has 0 unspecified atom stereocenters. The van der Waals surface area contributed by atoms with Crippen molar-refractivity contribution in [2.45, 2.75) is 85.0 Å². The Kier molecular flexibility index (Phi) is 12.3. The Bertz CT molecular complexity index is 1740. The third kappa shape index (κ3) is 8.06. The average Bonchev–Trinajstić information content (AvgIpc) is 3.48. The van der Waals surface area contributed by atoms with Gasteiger partial charge in [-0.25, -0.2) is 4.79 Å². The highest BCUT2D eigenvalue weighted by molar-refractivity contribution is 6.03. The van der Waals surface area contributed by atoms with Crippen LogP contribution in [0.1, 0.15) is 88.2 Å². The molecule has 280 valence electrons. The van der Waals surface area contributed by atoms with E-state index in [1.807, 2.05) is 45.6 Å². The smallest absolute Gasteiger partial charge is 0.407 e. The lowest BCUT2D eigenvalue weighted by molar-refractivity contribution is 0.0193. The number of aliphatic hydroxyl groups is 1. The Hall–Kier alpha value is -4.19. The van der Waals surface area contributed by atoms with E-state index in [1.54, 1.807) is 0 Å². The zero-order valence-corrected chi connectivity index (χ0v) is 31.1. The molecule has 2 N–H and O–H groups in total. The van der Waals surface area contributed by atoms with Crippen molar-refractivity contribution in [3.8, 4) is 11.3 Å². The maximum atomic E-state index is 15.2. The van der Waals surface area contributed by atoms with Gasteiger partial charge in [-0.1, -0.05) is 51.0 Å². The van der Waals surface area contributed by atoms with Gasteiger partial charge in [0.2, 0.25) is 0 Å². The van der Waals surface area contributed by atoms with Crippen molar-refractivity contribution in [2.75, 3.05) is 59.1 Å². The summed E-state index contributed by atoms with van der Waals surface area (Å²) in [6.45, 7) is 12.4. The van der Waals surface area contributed by atoms with E-state index in [-0.39, 0.29) is 37.6 Å². The Morgan fingerprint density at radius 2 is 1.60 bits per heavy atom. The van der Waals surface area contributed by atoms with Crippen molar-refractivity contribution in [1.82, 2.24) is 24.2 Å². The highest BCUT2D eigenvalue weighted by Crippen LogP contribution is 2.36. The topological polar surface area (TPSA) is 119 Å². The summed E-state index contributed by atoms with van der Waals surface area (Å²) in [6.07, 6.45) is 4.08. The van der Waals surface area contributed by atoms with Crippen LogP contribution >= 0.6 is 0 Å². The molecule has 3 amide bonds. The molecule has 0 saturated carbocycles. The Labute approximate surface area is 307 Å². The predicted octanol–water partition coefficient (Wildman–Crippen LogP) is 5.43. The van der Waals surface area contributed by atoms with E-state index in [2.05, 4.69) is 36.9 Å². The number of amides is 3. The third-order valence-corrected chi connectivity index (χ3v) is 11.1. The van der Waals surface area contributed by atoms with E-state index in [9.17, 15) is 19.8 Å². The number of aromatic nitrogens is 1. The third-order valence-electron chi connectivity index (χ3n) is 11.1. The van der Waals surface area contributed by atoms with E-state index in [1.165, 1.54) is 10.5 Å². The zero-order valence-electron chi connectivity index (χ0n) is 31.1. The van der Waals surface area contributed by atoms with Crippen molar-refractivity contribution in [3.05, 3.63) is 81.5 Å². The Morgan fingerprint density at radius 1 is 0.885 bits per heavy atom. The molecule has 1 fully saturated rings. The van der Waals surface area contributed by atoms with Gasteiger partial charge < -0.3 is 34.2 Å².